The lowest BCUT2D eigenvalue weighted by Gasteiger charge is -2.25. The minimum Gasteiger partial charge on any atom is -0.486 e. The summed E-state index contributed by atoms with van der Waals surface area (Å²) in [5, 5.41) is 13.8. The van der Waals surface area contributed by atoms with Crippen LogP contribution in [0.25, 0.3) is 0 Å². The van der Waals surface area contributed by atoms with Crippen molar-refractivity contribution in [1.29, 1.82) is 0 Å². The number of rotatable bonds is 5. The van der Waals surface area contributed by atoms with E-state index < -0.39 is 5.60 Å². The van der Waals surface area contributed by atoms with Crippen LogP contribution in [0.5, 0.6) is 11.5 Å². The highest BCUT2D eigenvalue weighted by atomic mass is 16.6. The molecule has 3 rings (SSSR count). The van der Waals surface area contributed by atoms with Gasteiger partial charge in [-0.15, -0.1) is 0 Å². The van der Waals surface area contributed by atoms with Crippen LogP contribution in [0.2, 0.25) is 0 Å². The number of aliphatic hydroxyl groups is 1. The molecule has 2 aliphatic rings. The second kappa shape index (κ2) is 7.95. The largest absolute Gasteiger partial charge is 0.486 e. The van der Waals surface area contributed by atoms with E-state index in [4.69, 9.17) is 9.47 Å². The van der Waals surface area contributed by atoms with Crippen molar-refractivity contribution in [3.8, 4) is 11.5 Å². The average molecular weight is 347 g/mol. The highest BCUT2D eigenvalue weighted by Crippen LogP contribution is 2.31. The van der Waals surface area contributed by atoms with Crippen molar-refractivity contribution in [1.82, 2.24) is 10.2 Å². The molecule has 0 unspecified atom stereocenters. The molecular formula is C19H29N3O3. The van der Waals surface area contributed by atoms with E-state index in [1.54, 1.807) is 0 Å². The molecule has 0 radical (unpaired) electrons. The zero-order chi connectivity index (χ0) is 17.7. The number of fused-ring (bicyclic) bond motifs is 1. The van der Waals surface area contributed by atoms with E-state index in [-0.39, 0.29) is 0 Å². The first-order chi connectivity index (χ1) is 12.1. The molecule has 0 bridgehead atoms. The predicted octanol–water partition coefficient (Wildman–Crippen LogP) is 2.16. The van der Waals surface area contributed by atoms with Gasteiger partial charge < -0.3 is 24.8 Å². The molecule has 6 nitrogen and oxygen atoms in total. The summed E-state index contributed by atoms with van der Waals surface area (Å²) in [7, 11) is 2.01. The zero-order valence-corrected chi connectivity index (χ0v) is 15.3. The fourth-order valence-corrected chi connectivity index (χ4v) is 3.42. The number of nitrogens with one attached hydrogen (secondary N) is 1. The Bertz CT molecular complexity index is 612. The van der Waals surface area contributed by atoms with Gasteiger partial charge in [-0.1, -0.05) is 18.9 Å². The molecule has 1 aliphatic heterocycles. The van der Waals surface area contributed by atoms with E-state index in [1.165, 1.54) is 0 Å². The normalized spacial score (nSPS) is 18.9. The number of guanidine groups is 1. The van der Waals surface area contributed by atoms with Crippen LogP contribution in [-0.4, -0.2) is 54.9 Å². The van der Waals surface area contributed by atoms with Crippen molar-refractivity contribution < 1.29 is 14.6 Å². The van der Waals surface area contributed by atoms with Gasteiger partial charge >= 0.3 is 0 Å². The summed E-state index contributed by atoms with van der Waals surface area (Å²) in [5.74, 6) is 2.43. The first-order valence-corrected chi connectivity index (χ1v) is 9.20. The summed E-state index contributed by atoms with van der Waals surface area (Å²) in [6.07, 6.45) is 3.88. The van der Waals surface area contributed by atoms with Crippen LogP contribution < -0.4 is 14.8 Å². The highest BCUT2D eigenvalue weighted by Gasteiger charge is 2.31. The number of hydrogen-bond acceptors (Lipinski definition) is 4. The molecule has 1 heterocycles. The van der Waals surface area contributed by atoms with Crippen LogP contribution in [-0.2, 0) is 6.54 Å². The van der Waals surface area contributed by atoms with Crippen LogP contribution in [0.1, 0.15) is 38.2 Å². The van der Waals surface area contributed by atoms with Gasteiger partial charge in [0.1, 0.15) is 13.2 Å². The summed E-state index contributed by atoms with van der Waals surface area (Å²) in [5.41, 5.74) is 0.510. The molecule has 1 aromatic rings. The number of nitrogens with zero attached hydrogens (tertiary/aromatic N) is 2. The van der Waals surface area contributed by atoms with Gasteiger partial charge in [-0.05, 0) is 37.5 Å². The quantitative estimate of drug-likeness (QED) is 0.631. The van der Waals surface area contributed by atoms with Crippen molar-refractivity contribution in [2.45, 2.75) is 44.8 Å². The lowest BCUT2D eigenvalue weighted by atomic mass is 10.0. The summed E-state index contributed by atoms with van der Waals surface area (Å²) in [4.78, 5) is 6.75. The van der Waals surface area contributed by atoms with Crippen molar-refractivity contribution in [3.05, 3.63) is 23.8 Å². The SMILES string of the molecule is CCNC(=NCC1(O)CCCC1)N(C)Cc1ccc2c(c1)OCCO2. The minimum absolute atomic E-state index is 0.459. The highest BCUT2D eigenvalue weighted by molar-refractivity contribution is 5.79. The molecule has 0 amide bonds. The Labute approximate surface area is 149 Å². The first-order valence-electron chi connectivity index (χ1n) is 9.20. The zero-order valence-electron chi connectivity index (χ0n) is 15.3. The van der Waals surface area contributed by atoms with E-state index in [1.807, 2.05) is 19.2 Å². The van der Waals surface area contributed by atoms with Gasteiger partial charge in [0.15, 0.2) is 17.5 Å². The Morgan fingerprint density at radius 1 is 1.24 bits per heavy atom. The Hall–Kier alpha value is -1.95. The van der Waals surface area contributed by atoms with Crippen LogP contribution in [0, 0.1) is 0 Å². The topological polar surface area (TPSA) is 66.3 Å². The number of hydrogen-bond donors (Lipinski definition) is 2. The molecular weight excluding hydrogens is 318 g/mol. The van der Waals surface area contributed by atoms with Crippen LogP contribution in [0.3, 0.4) is 0 Å². The van der Waals surface area contributed by atoms with Crippen LogP contribution >= 0.6 is 0 Å². The molecule has 1 saturated carbocycles. The van der Waals surface area contributed by atoms with Crippen molar-refractivity contribution >= 4 is 5.96 Å². The molecule has 25 heavy (non-hydrogen) atoms. The third-order valence-electron chi connectivity index (χ3n) is 4.78. The summed E-state index contributed by atoms with van der Waals surface area (Å²) >= 11 is 0. The monoisotopic (exact) mass is 347 g/mol. The number of ether oxygens (including phenoxy) is 2. The van der Waals surface area contributed by atoms with Gasteiger partial charge in [0.2, 0.25) is 0 Å². The summed E-state index contributed by atoms with van der Waals surface area (Å²) in [6, 6.07) is 6.04. The van der Waals surface area contributed by atoms with Gasteiger partial charge in [-0.2, -0.15) is 0 Å². The standard InChI is InChI=1S/C19H29N3O3/c1-3-20-18(21-14-19(23)8-4-5-9-19)22(2)13-15-6-7-16-17(12-15)25-11-10-24-16/h6-7,12,23H,3-5,8-11,13-14H2,1-2H3,(H,20,21). The molecule has 1 fully saturated rings. The van der Waals surface area contributed by atoms with Gasteiger partial charge in [0.05, 0.1) is 12.1 Å². The van der Waals surface area contributed by atoms with Crippen molar-refractivity contribution in [2.75, 3.05) is 33.4 Å². The Morgan fingerprint density at radius 3 is 2.68 bits per heavy atom. The third kappa shape index (κ3) is 4.57. The second-order valence-corrected chi connectivity index (χ2v) is 6.94. The summed E-state index contributed by atoms with van der Waals surface area (Å²) < 4.78 is 11.2. The second-order valence-electron chi connectivity index (χ2n) is 6.94. The fraction of sp³-hybridized carbons (Fsp3) is 0.632. The van der Waals surface area contributed by atoms with Crippen LogP contribution in [0.4, 0.5) is 0 Å². The van der Waals surface area contributed by atoms with Gasteiger partial charge in [-0.25, -0.2) is 0 Å². The van der Waals surface area contributed by atoms with E-state index >= 15 is 0 Å². The van der Waals surface area contributed by atoms with E-state index in [0.717, 1.165) is 55.3 Å². The van der Waals surface area contributed by atoms with Crippen molar-refractivity contribution in [2.24, 2.45) is 4.99 Å². The molecule has 0 spiro atoms. The maximum Gasteiger partial charge on any atom is 0.194 e. The molecule has 6 heteroatoms. The lowest BCUT2D eigenvalue weighted by molar-refractivity contribution is 0.0572. The first kappa shape index (κ1) is 17.9. The lowest BCUT2D eigenvalue weighted by Crippen LogP contribution is -2.40. The smallest absolute Gasteiger partial charge is 0.194 e. The van der Waals surface area contributed by atoms with Crippen molar-refractivity contribution in [3.63, 3.8) is 0 Å². The van der Waals surface area contributed by atoms with E-state index in [9.17, 15) is 5.11 Å². The number of aliphatic imine (C=N–C) groups is 1. The molecule has 138 valence electrons. The van der Waals surface area contributed by atoms with Gasteiger partial charge in [-0.3, -0.25) is 4.99 Å². The average Bonchev–Trinajstić information content (AvgIpc) is 3.05. The predicted molar refractivity (Wildman–Crippen MR) is 98.3 cm³/mol. The number of benzene rings is 1. The maximum absolute atomic E-state index is 10.5. The maximum atomic E-state index is 10.5. The van der Waals surface area contributed by atoms with E-state index in [2.05, 4.69) is 28.2 Å². The minimum atomic E-state index is -0.626. The van der Waals surface area contributed by atoms with E-state index in [0.29, 0.717) is 26.3 Å². The molecule has 1 aliphatic carbocycles. The Balaban J connectivity index is 1.66. The Morgan fingerprint density at radius 2 is 1.96 bits per heavy atom. The van der Waals surface area contributed by atoms with Crippen LogP contribution in [0.15, 0.2) is 23.2 Å². The third-order valence-corrected chi connectivity index (χ3v) is 4.78. The molecule has 0 saturated heterocycles. The molecule has 0 aromatic heterocycles. The Kier molecular flexibility index (Phi) is 5.68. The molecule has 0 atom stereocenters. The fourth-order valence-electron chi connectivity index (χ4n) is 3.42. The summed E-state index contributed by atoms with van der Waals surface area (Å²) in [6.45, 7) is 5.21. The molecule has 1 aromatic carbocycles. The van der Waals surface area contributed by atoms with Gasteiger partial charge in [0.25, 0.3) is 0 Å². The van der Waals surface area contributed by atoms with Gasteiger partial charge in [0, 0.05) is 20.1 Å². The molecule has 2 N–H and O–H groups in total.